The number of amides is 2. The number of likely N-dealkylation sites (N-methyl/N-ethyl adjacent to an activating group) is 1. The Hall–Kier alpha value is -3.63. The molecule has 3 rings (SSSR count). The van der Waals surface area contributed by atoms with Crippen molar-refractivity contribution < 1.29 is 27.1 Å². The summed E-state index contributed by atoms with van der Waals surface area (Å²) in [5.74, 6) is -1.58. The van der Waals surface area contributed by atoms with Gasteiger partial charge < -0.3 is 15.0 Å². The Morgan fingerprint density at radius 3 is 2.32 bits per heavy atom. The summed E-state index contributed by atoms with van der Waals surface area (Å²) in [5.41, 5.74) is 0.999. The Morgan fingerprint density at radius 1 is 1.05 bits per heavy atom. The number of carbonyl (C=O) groups is 2. The van der Waals surface area contributed by atoms with Gasteiger partial charge in [-0.2, -0.15) is 0 Å². The van der Waals surface area contributed by atoms with Crippen LogP contribution in [0.15, 0.2) is 72.8 Å². The molecule has 3 aromatic carbocycles. The maximum atomic E-state index is 14.7. The number of halogens is 2. The minimum atomic E-state index is -4.01. The minimum Gasteiger partial charge on any atom is -0.495 e. The van der Waals surface area contributed by atoms with E-state index < -0.39 is 40.2 Å². The third kappa shape index (κ3) is 7.23. The lowest BCUT2D eigenvalue weighted by molar-refractivity contribution is -0.139. The molecule has 1 atom stereocenters. The van der Waals surface area contributed by atoms with E-state index >= 15 is 0 Å². The first-order chi connectivity index (χ1) is 18.0. The van der Waals surface area contributed by atoms with Gasteiger partial charge in [0, 0.05) is 30.6 Å². The van der Waals surface area contributed by atoms with Gasteiger partial charge in [-0.1, -0.05) is 60.1 Å². The molecular weight excluding hydrogens is 533 g/mol. The van der Waals surface area contributed by atoms with Crippen LogP contribution in [0.25, 0.3) is 0 Å². The third-order valence-electron chi connectivity index (χ3n) is 5.90. The summed E-state index contributed by atoms with van der Waals surface area (Å²) in [6.45, 7) is -0.938. The lowest BCUT2D eigenvalue weighted by atomic mass is 10.0. The minimum absolute atomic E-state index is 0.0567. The van der Waals surface area contributed by atoms with Gasteiger partial charge in [-0.05, 0) is 29.8 Å². The summed E-state index contributed by atoms with van der Waals surface area (Å²) < 4.78 is 46.5. The molecule has 0 aromatic heterocycles. The van der Waals surface area contributed by atoms with Gasteiger partial charge >= 0.3 is 0 Å². The van der Waals surface area contributed by atoms with E-state index in [9.17, 15) is 22.4 Å². The third-order valence-corrected chi connectivity index (χ3v) is 7.27. The number of carbonyl (C=O) groups excluding carboxylic acids is 2. The molecule has 2 amide bonds. The smallest absolute Gasteiger partial charge is 0.244 e. The second-order valence-corrected chi connectivity index (χ2v) is 10.9. The van der Waals surface area contributed by atoms with Crippen molar-refractivity contribution in [3.8, 4) is 5.75 Å². The Kier molecular flexibility index (Phi) is 9.71. The predicted molar refractivity (Wildman–Crippen MR) is 145 cm³/mol. The summed E-state index contributed by atoms with van der Waals surface area (Å²) in [7, 11) is -1.22. The number of sulfonamides is 1. The summed E-state index contributed by atoms with van der Waals surface area (Å²) in [6.07, 6.45) is 1.07. The molecule has 0 fully saturated rings. The van der Waals surface area contributed by atoms with E-state index in [0.717, 1.165) is 16.1 Å². The van der Waals surface area contributed by atoms with Gasteiger partial charge in [-0.25, -0.2) is 12.8 Å². The number of nitrogens with zero attached hydrogens (tertiary/aromatic N) is 2. The Bertz CT molecular complexity index is 1390. The average molecular weight is 562 g/mol. The molecule has 0 unspecified atom stereocenters. The van der Waals surface area contributed by atoms with E-state index in [2.05, 4.69) is 5.32 Å². The van der Waals surface area contributed by atoms with Crippen LogP contribution in [0.5, 0.6) is 5.75 Å². The normalized spacial score (nSPS) is 11.9. The van der Waals surface area contributed by atoms with Crippen molar-refractivity contribution in [3.63, 3.8) is 0 Å². The van der Waals surface area contributed by atoms with Crippen LogP contribution in [0, 0.1) is 5.82 Å². The number of benzene rings is 3. The second kappa shape index (κ2) is 12.7. The molecular formula is C27H29ClFN3O5S. The Balaban J connectivity index is 2.08. The molecule has 8 nitrogen and oxygen atoms in total. The molecule has 11 heteroatoms. The SMILES string of the molecule is CNC(=O)[C@H](Cc1ccccc1)N(Cc1ccccc1F)C(=O)CN(c1cc(Cl)ccc1OC)S(C)(=O)=O. The van der Waals surface area contributed by atoms with Crippen molar-refractivity contribution in [2.45, 2.75) is 19.0 Å². The van der Waals surface area contributed by atoms with Crippen molar-refractivity contribution in [3.05, 3.63) is 94.8 Å². The quantitative estimate of drug-likeness (QED) is 0.386. The van der Waals surface area contributed by atoms with Crippen LogP contribution in [0.4, 0.5) is 10.1 Å². The first kappa shape index (κ1) is 28.9. The van der Waals surface area contributed by atoms with Gasteiger partial charge in [0.2, 0.25) is 21.8 Å². The first-order valence-electron chi connectivity index (χ1n) is 11.6. The highest BCUT2D eigenvalue weighted by Gasteiger charge is 2.33. The van der Waals surface area contributed by atoms with Crippen LogP contribution in [0.2, 0.25) is 5.02 Å². The molecule has 202 valence electrons. The predicted octanol–water partition coefficient (Wildman–Crippen LogP) is 3.64. The van der Waals surface area contributed by atoms with E-state index in [-0.39, 0.29) is 35.0 Å². The molecule has 3 aromatic rings. The summed E-state index contributed by atoms with van der Waals surface area (Å²) in [5, 5.41) is 2.80. The maximum Gasteiger partial charge on any atom is 0.244 e. The standard InChI is InChI=1S/C27H29ClFN3O5S/c1-30-27(34)24(15-19-9-5-4-6-10-19)31(17-20-11-7-8-12-22(20)29)26(33)18-32(38(3,35)36)23-16-21(28)13-14-25(23)37-2/h4-14,16,24H,15,17-18H2,1-3H3,(H,30,34)/t24-/m0/s1. The average Bonchev–Trinajstić information content (AvgIpc) is 2.89. The Labute approximate surface area is 227 Å². The summed E-state index contributed by atoms with van der Waals surface area (Å²) in [6, 6.07) is 18.3. The maximum absolute atomic E-state index is 14.7. The van der Waals surface area contributed by atoms with E-state index in [0.29, 0.717) is 0 Å². The van der Waals surface area contributed by atoms with Crippen LogP contribution in [-0.4, -0.2) is 58.1 Å². The fourth-order valence-corrected chi connectivity index (χ4v) is 4.99. The molecule has 0 saturated carbocycles. The van der Waals surface area contributed by atoms with Crippen molar-refractivity contribution >= 4 is 39.1 Å². The molecule has 1 N–H and O–H groups in total. The lowest BCUT2D eigenvalue weighted by Crippen LogP contribution is -2.53. The molecule has 0 spiro atoms. The molecule has 38 heavy (non-hydrogen) atoms. The fourth-order valence-electron chi connectivity index (χ4n) is 3.98. The zero-order valence-corrected chi connectivity index (χ0v) is 22.8. The number of hydrogen-bond acceptors (Lipinski definition) is 5. The number of hydrogen-bond donors (Lipinski definition) is 1. The molecule has 0 aliphatic rings. The monoisotopic (exact) mass is 561 g/mol. The number of rotatable bonds is 11. The van der Waals surface area contributed by atoms with Gasteiger partial charge in [0.1, 0.15) is 24.2 Å². The molecule has 0 saturated heterocycles. The highest BCUT2D eigenvalue weighted by Crippen LogP contribution is 2.33. The number of nitrogens with one attached hydrogen (secondary N) is 1. The number of ether oxygens (including phenoxy) is 1. The first-order valence-corrected chi connectivity index (χ1v) is 13.9. The van der Waals surface area contributed by atoms with Gasteiger partial charge in [-0.15, -0.1) is 0 Å². The van der Waals surface area contributed by atoms with Gasteiger partial charge in [0.05, 0.1) is 19.1 Å². The van der Waals surface area contributed by atoms with Crippen molar-refractivity contribution in [1.29, 1.82) is 0 Å². The molecule has 0 aliphatic heterocycles. The molecule has 0 bridgehead atoms. The fraction of sp³-hybridized carbons (Fsp3) is 0.259. The van der Waals surface area contributed by atoms with Gasteiger partial charge in [-0.3, -0.25) is 13.9 Å². The summed E-state index contributed by atoms with van der Waals surface area (Å²) in [4.78, 5) is 28.1. The van der Waals surface area contributed by atoms with Crippen molar-refractivity contribution in [2.24, 2.45) is 0 Å². The van der Waals surface area contributed by atoms with Crippen molar-refractivity contribution in [1.82, 2.24) is 10.2 Å². The van der Waals surface area contributed by atoms with Crippen LogP contribution in [0.1, 0.15) is 11.1 Å². The number of anilines is 1. The van der Waals surface area contributed by atoms with Crippen LogP contribution in [-0.2, 0) is 32.6 Å². The zero-order chi connectivity index (χ0) is 27.9. The van der Waals surface area contributed by atoms with E-state index in [4.69, 9.17) is 16.3 Å². The second-order valence-electron chi connectivity index (χ2n) is 8.52. The van der Waals surface area contributed by atoms with E-state index in [1.807, 2.05) is 6.07 Å². The molecule has 0 radical (unpaired) electrons. The number of methoxy groups -OCH3 is 1. The highest BCUT2D eigenvalue weighted by molar-refractivity contribution is 7.92. The highest BCUT2D eigenvalue weighted by atomic mass is 35.5. The Morgan fingerprint density at radius 2 is 1.71 bits per heavy atom. The molecule has 0 heterocycles. The van der Waals surface area contributed by atoms with Crippen LogP contribution >= 0.6 is 11.6 Å². The summed E-state index contributed by atoms with van der Waals surface area (Å²) >= 11 is 6.13. The lowest BCUT2D eigenvalue weighted by Gasteiger charge is -2.33. The molecule has 0 aliphatic carbocycles. The van der Waals surface area contributed by atoms with Gasteiger partial charge in [0.15, 0.2) is 0 Å². The zero-order valence-electron chi connectivity index (χ0n) is 21.2. The van der Waals surface area contributed by atoms with Crippen molar-refractivity contribution in [2.75, 3.05) is 31.3 Å². The van der Waals surface area contributed by atoms with E-state index in [1.165, 1.54) is 55.5 Å². The van der Waals surface area contributed by atoms with E-state index in [1.54, 1.807) is 30.3 Å². The van der Waals surface area contributed by atoms with Crippen LogP contribution < -0.4 is 14.4 Å². The van der Waals surface area contributed by atoms with Gasteiger partial charge in [0.25, 0.3) is 0 Å². The van der Waals surface area contributed by atoms with Crippen LogP contribution in [0.3, 0.4) is 0 Å². The topological polar surface area (TPSA) is 96.0 Å². The largest absolute Gasteiger partial charge is 0.495 e.